The van der Waals surface area contributed by atoms with E-state index >= 15 is 0 Å². The molecule has 1 aromatic carbocycles. The summed E-state index contributed by atoms with van der Waals surface area (Å²) in [5, 5.41) is 1.24. The highest BCUT2D eigenvalue weighted by molar-refractivity contribution is 5.78. The molecule has 15 heavy (non-hydrogen) atoms. The summed E-state index contributed by atoms with van der Waals surface area (Å²) >= 11 is 0. The van der Waals surface area contributed by atoms with E-state index in [0.717, 1.165) is 5.52 Å². The highest BCUT2D eigenvalue weighted by atomic mass is 14.6. The van der Waals surface area contributed by atoms with Crippen LogP contribution >= 0.6 is 0 Å². The monoisotopic (exact) mass is 199 g/mol. The second-order valence-electron chi connectivity index (χ2n) is 4.49. The van der Waals surface area contributed by atoms with E-state index in [1.54, 1.807) is 0 Å². The van der Waals surface area contributed by atoms with Crippen LogP contribution in [0, 0.1) is 5.92 Å². The Kier molecular flexibility index (Phi) is 2.72. The van der Waals surface area contributed by atoms with Gasteiger partial charge in [0.2, 0.25) is 0 Å². The number of nitrogens with zero attached hydrogens (tertiary/aromatic N) is 1. The third-order valence-electron chi connectivity index (χ3n) is 3.14. The van der Waals surface area contributed by atoms with Gasteiger partial charge in [-0.3, -0.25) is 4.98 Å². The Labute approximate surface area is 91.2 Å². The average molecular weight is 199 g/mol. The van der Waals surface area contributed by atoms with E-state index in [1.807, 2.05) is 12.3 Å². The van der Waals surface area contributed by atoms with Crippen molar-refractivity contribution in [2.45, 2.75) is 26.7 Å². The lowest BCUT2D eigenvalue weighted by atomic mass is 9.91. The molecule has 0 saturated carbocycles. The predicted octanol–water partition coefficient (Wildman–Crippen LogP) is 3.99. The molecular weight excluding hydrogens is 182 g/mol. The van der Waals surface area contributed by atoms with Crippen molar-refractivity contribution in [2.75, 3.05) is 0 Å². The first-order valence-electron chi connectivity index (χ1n) is 5.53. The van der Waals surface area contributed by atoms with Gasteiger partial charge in [-0.2, -0.15) is 0 Å². The van der Waals surface area contributed by atoms with Gasteiger partial charge in [-0.1, -0.05) is 39.0 Å². The molecule has 1 atom stereocenters. The zero-order valence-electron chi connectivity index (χ0n) is 9.57. The minimum atomic E-state index is 0.571. The molecule has 2 aromatic rings. The number of pyridine rings is 1. The first-order chi connectivity index (χ1) is 7.18. The van der Waals surface area contributed by atoms with E-state index in [0.29, 0.717) is 11.8 Å². The molecule has 1 heterocycles. The summed E-state index contributed by atoms with van der Waals surface area (Å²) < 4.78 is 0. The zero-order valence-corrected chi connectivity index (χ0v) is 9.57. The zero-order chi connectivity index (χ0) is 10.8. The van der Waals surface area contributed by atoms with Crippen LogP contribution in [0.2, 0.25) is 0 Å². The summed E-state index contributed by atoms with van der Waals surface area (Å²) in [5.41, 5.74) is 2.42. The Bertz CT molecular complexity index is 460. The number of rotatable bonds is 2. The Morgan fingerprint density at radius 1 is 1.07 bits per heavy atom. The standard InChI is InChI=1S/C14H17N/c1-10(2)11(3)13-8-12-6-4-5-7-14(12)15-9-13/h4-11H,1-3H3. The molecule has 78 valence electrons. The largest absolute Gasteiger partial charge is 0.256 e. The lowest BCUT2D eigenvalue weighted by Gasteiger charge is -2.15. The Hall–Kier alpha value is -1.37. The second kappa shape index (κ2) is 4.01. The maximum atomic E-state index is 4.48. The molecule has 1 nitrogen and oxygen atoms in total. The summed E-state index contributed by atoms with van der Waals surface area (Å²) in [6, 6.07) is 10.5. The quantitative estimate of drug-likeness (QED) is 0.712. The lowest BCUT2D eigenvalue weighted by Crippen LogP contribution is -2.02. The number of hydrogen-bond donors (Lipinski definition) is 0. The van der Waals surface area contributed by atoms with Gasteiger partial charge in [-0.15, -0.1) is 0 Å². The molecular formula is C14H17N. The summed E-state index contributed by atoms with van der Waals surface area (Å²) in [4.78, 5) is 4.48. The molecule has 1 unspecified atom stereocenters. The van der Waals surface area contributed by atoms with E-state index in [9.17, 15) is 0 Å². The van der Waals surface area contributed by atoms with Gasteiger partial charge in [-0.05, 0) is 29.5 Å². The van der Waals surface area contributed by atoms with Gasteiger partial charge in [-0.25, -0.2) is 0 Å². The second-order valence-corrected chi connectivity index (χ2v) is 4.49. The number of para-hydroxylation sites is 1. The maximum Gasteiger partial charge on any atom is 0.0702 e. The third kappa shape index (κ3) is 2.01. The highest BCUT2D eigenvalue weighted by Gasteiger charge is 2.10. The van der Waals surface area contributed by atoms with Crippen LogP contribution in [0.25, 0.3) is 10.9 Å². The Balaban J connectivity index is 2.47. The molecule has 0 bridgehead atoms. The minimum absolute atomic E-state index is 0.571. The Morgan fingerprint density at radius 3 is 2.53 bits per heavy atom. The van der Waals surface area contributed by atoms with Crippen molar-refractivity contribution < 1.29 is 0 Å². The van der Waals surface area contributed by atoms with Gasteiger partial charge in [0, 0.05) is 11.6 Å². The molecule has 0 aliphatic rings. The van der Waals surface area contributed by atoms with E-state index < -0.39 is 0 Å². The van der Waals surface area contributed by atoms with Gasteiger partial charge in [0.25, 0.3) is 0 Å². The first kappa shape index (κ1) is 10.2. The van der Waals surface area contributed by atoms with Crippen LogP contribution in [0.1, 0.15) is 32.3 Å². The molecule has 0 aliphatic heterocycles. The number of benzene rings is 1. The lowest BCUT2D eigenvalue weighted by molar-refractivity contribution is 0.534. The summed E-state index contributed by atoms with van der Waals surface area (Å²) in [6.07, 6.45) is 2.01. The van der Waals surface area contributed by atoms with Crippen molar-refractivity contribution in [3.63, 3.8) is 0 Å². The minimum Gasteiger partial charge on any atom is -0.256 e. The van der Waals surface area contributed by atoms with E-state index in [-0.39, 0.29) is 0 Å². The van der Waals surface area contributed by atoms with Crippen LogP contribution in [0.4, 0.5) is 0 Å². The molecule has 0 spiro atoms. The van der Waals surface area contributed by atoms with Crippen molar-refractivity contribution in [3.8, 4) is 0 Å². The molecule has 0 radical (unpaired) electrons. The van der Waals surface area contributed by atoms with Gasteiger partial charge < -0.3 is 0 Å². The van der Waals surface area contributed by atoms with Crippen molar-refractivity contribution in [3.05, 3.63) is 42.1 Å². The fourth-order valence-electron chi connectivity index (χ4n) is 1.72. The van der Waals surface area contributed by atoms with Crippen LogP contribution in [-0.2, 0) is 0 Å². The maximum absolute atomic E-state index is 4.48. The van der Waals surface area contributed by atoms with Crippen molar-refractivity contribution in [1.82, 2.24) is 4.98 Å². The predicted molar refractivity (Wildman–Crippen MR) is 65.0 cm³/mol. The average Bonchev–Trinajstić information content (AvgIpc) is 2.27. The molecule has 0 N–H and O–H groups in total. The topological polar surface area (TPSA) is 12.9 Å². The first-order valence-corrected chi connectivity index (χ1v) is 5.53. The number of hydrogen-bond acceptors (Lipinski definition) is 1. The molecule has 1 heteroatoms. The van der Waals surface area contributed by atoms with Gasteiger partial charge in [0.1, 0.15) is 0 Å². The molecule has 0 amide bonds. The van der Waals surface area contributed by atoms with E-state index in [2.05, 4.69) is 50.0 Å². The van der Waals surface area contributed by atoms with E-state index in [1.165, 1.54) is 10.9 Å². The molecule has 2 rings (SSSR count). The van der Waals surface area contributed by atoms with E-state index in [4.69, 9.17) is 0 Å². The fourth-order valence-corrected chi connectivity index (χ4v) is 1.72. The van der Waals surface area contributed by atoms with Crippen molar-refractivity contribution in [2.24, 2.45) is 5.92 Å². The number of fused-ring (bicyclic) bond motifs is 1. The highest BCUT2D eigenvalue weighted by Crippen LogP contribution is 2.25. The van der Waals surface area contributed by atoms with Gasteiger partial charge >= 0.3 is 0 Å². The Morgan fingerprint density at radius 2 is 1.80 bits per heavy atom. The number of aromatic nitrogens is 1. The van der Waals surface area contributed by atoms with Crippen LogP contribution in [0.5, 0.6) is 0 Å². The normalized spacial score (nSPS) is 13.3. The summed E-state index contributed by atoms with van der Waals surface area (Å²) in [5.74, 6) is 1.23. The van der Waals surface area contributed by atoms with Gasteiger partial charge in [0.15, 0.2) is 0 Å². The fraction of sp³-hybridized carbons (Fsp3) is 0.357. The van der Waals surface area contributed by atoms with Crippen LogP contribution in [0.3, 0.4) is 0 Å². The molecule has 0 aliphatic carbocycles. The SMILES string of the molecule is CC(C)C(C)c1cnc2ccccc2c1. The van der Waals surface area contributed by atoms with Crippen LogP contribution in [0.15, 0.2) is 36.5 Å². The van der Waals surface area contributed by atoms with Crippen LogP contribution in [-0.4, -0.2) is 4.98 Å². The molecule has 0 fully saturated rings. The summed E-state index contributed by atoms with van der Waals surface area (Å²) in [6.45, 7) is 6.76. The van der Waals surface area contributed by atoms with Crippen LogP contribution < -0.4 is 0 Å². The molecule has 1 aromatic heterocycles. The summed E-state index contributed by atoms with van der Waals surface area (Å²) in [7, 11) is 0. The molecule has 0 saturated heterocycles. The third-order valence-corrected chi connectivity index (χ3v) is 3.14. The smallest absolute Gasteiger partial charge is 0.0702 e. The van der Waals surface area contributed by atoms with Gasteiger partial charge in [0.05, 0.1) is 5.52 Å². The van der Waals surface area contributed by atoms with Crippen molar-refractivity contribution >= 4 is 10.9 Å². The van der Waals surface area contributed by atoms with Crippen molar-refractivity contribution in [1.29, 1.82) is 0 Å².